The predicted octanol–water partition coefficient (Wildman–Crippen LogP) is 7.02. The van der Waals surface area contributed by atoms with Gasteiger partial charge in [-0.25, -0.2) is 0 Å². The molecule has 1 fully saturated rings. The van der Waals surface area contributed by atoms with Gasteiger partial charge in [0.1, 0.15) is 5.75 Å². The number of hydrogen-bond acceptors (Lipinski definition) is 4. The standard InChI is InChI=1S/C25H22BrNO3S/c1-2-3-14-30-22-13-10-18-6-4-5-7-20(18)21(22)15-23-24(28)27(25(29)31-23)16-17-8-11-19(26)12-9-17/h4-13,15H,2-3,14,16H2,1H3/b23-15-. The highest BCUT2D eigenvalue weighted by atomic mass is 79.9. The maximum absolute atomic E-state index is 13.1. The van der Waals surface area contributed by atoms with Crippen molar-refractivity contribution in [1.29, 1.82) is 0 Å². The van der Waals surface area contributed by atoms with Gasteiger partial charge in [-0.15, -0.1) is 0 Å². The number of hydrogen-bond donors (Lipinski definition) is 0. The number of thioether (sulfide) groups is 1. The second-order valence-corrected chi connectivity index (χ2v) is 9.20. The van der Waals surface area contributed by atoms with Crippen molar-refractivity contribution in [2.45, 2.75) is 26.3 Å². The SMILES string of the molecule is CCCCOc1ccc2ccccc2c1/C=C1\SC(=O)N(Cc2ccc(Br)cc2)C1=O. The van der Waals surface area contributed by atoms with E-state index < -0.39 is 0 Å². The summed E-state index contributed by atoms with van der Waals surface area (Å²) in [4.78, 5) is 27.4. The minimum absolute atomic E-state index is 0.255. The smallest absolute Gasteiger partial charge is 0.293 e. The van der Waals surface area contributed by atoms with Gasteiger partial charge in [-0.3, -0.25) is 14.5 Å². The summed E-state index contributed by atoms with van der Waals surface area (Å²) in [5, 5.41) is 1.80. The fraction of sp³-hybridized carbons (Fsp3) is 0.200. The molecule has 0 aliphatic carbocycles. The molecular weight excluding hydrogens is 474 g/mol. The predicted molar refractivity (Wildman–Crippen MR) is 130 cm³/mol. The third-order valence-electron chi connectivity index (χ3n) is 5.09. The lowest BCUT2D eigenvalue weighted by Gasteiger charge is -2.13. The first-order chi connectivity index (χ1) is 15.1. The van der Waals surface area contributed by atoms with Gasteiger partial charge in [-0.1, -0.05) is 71.7 Å². The van der Waals surface area contributed by atoms with E-state index in [1.165, 1.54) is 4.90 Å². The Morgan fingerprint density at radius 2 is 1.81 bits per heavy atom. The monoisotopic (exact) mass is 495 g/mol. The van der Waals surface area contributed by atoms with Gasteiger partial charge < -0.3 is 4.74 Å². The van der Waals surface area contributed by atoms with E-state index >= 15 is 0 Å². The van der Waals surface area contributed by atoms with Crippen LogP contribution in [0.5, 0.6) is 5.75 Å². The summed E-state index contributed by atoms with van der Waals surface area (Å²) in [5.74, 6) is 0.456. The molecule has 31 heavy (non-hydrogen) atoms. The summed E-state index contributed by atoms with van der Waals surface area (Å²) in [6.45, 7) is 2.98. The highest BCUT2D eigenvalue weighted by molar-refractivity contribution is 9.10. The van der Waals surface area contributed by atoms with E-state index in [4.69, 9.17) is 4.74 Å². The van der Waals surface area contributed by atoms with E-state index in [1.54, 1.807) is 6.08 Å². The molecule has 0 bridgehead atoms. The maximum atomic E-state index is 13.1. The summed E-state index contributed by atoms with van der Waals surface area (Å²) >= 11 is 4.38. The van der Waals surface area contributed by atoms with Crippen LogP contribution in [0.3, 0.4) is 0 Å². The number of ether oxygens (including phenoxy) is 1. The van der Waals surface area contributed by atoms with Gasteiger partial charge in [0.2, 0.25) is 0 Å². The number of rotatable bonds is 7. The highest BCUT2D eigenvalue weighted by Gasteiger charge is 2.35. The van der Waals surface area contributed by atoms with Crippen LogP contribution in [-0.4, -0.2) is 22.7 Å². The summed E-state index contributed by atoms with van der Waals surface area (Å²) in [7, 11) is 0. The molecule has 4 rings (SSSR count). The topological polar surface area (TPSA) is 46.6 Å². The molecule has 158 valence electrons. The molecule has 0 unspecified atom stereocenters. The van der Waals surface area contributed by atoms with Crippen molar-refractivity contribution in [3.05, 3.63) is 81.2 Å². The van der Waals surface area contributed by atoms with Crippen molar-refractivity contribution in [3.8, 4) is 5.75 Å². The lowest BCUT2D eigenvalue weighted by molar-refractivity contribution is -0.123. The van der Waals surface area contributed by atoms with Crippen LogP contribution >= 0.6 is 27.7 Å². The maximum Gasteiger partial charge on any atom is 0.293 e. The number of unbranched alkanes of at least 4 members (excludes halogenated alkanes) is 1. The summed E-state index contributed by atoms with van der Waals surface area (Å²) in [5.41, 5.74) is 1.74. The minimum Gasteiger partial charge on any atom is -0.493 e. The largest absolute Gasteiger partial charge is 0.493 e. The van der Waals surface area contributed by atoms with Crippen molar-refractivity contribution in [3.63, 3.8) is 0 Å². The zero-order valence-electron chi connectivity index (χ0n) is 17.1. The fourth-order valence-electron chi connectivity index (χ4n) is 3.42. The van der Waals surface area contributed by atoms with Crippen LogP contribution in [0.25, 0.3) is 16.8 Å². The van der Waals surface area contributed by atoms with Gasteiger partial charge in [0.05, 0.1) is 18.1 Å². The van der Waals surface area contributed by atoms with E-state index in [0.717, 1.165) is 56.7 Å². The molecule has 6 heteroatoms. The molecule has 0 spiro atoms. The highest BCUT2D eigenvalue weighted by Crippen LogP contribution is 2.37. The second kappa shape index (κ2) is 9.71. The van der Waals surface area contributed by atoms with Crippen molar-refractivity contribution >= 4 is 55.7 Å². The average Bonchev–Trinajstić information content (AvgIpc) is 3.04. The van der Waals surface area contributed by atoms with Crippen LogP contribution in [0.2, 0.25) is 0 Å². The first-order valence-corrected chi connectivity index (χ1v) is 11.8. The molecule has 0 radical (unpaired) electrons. The van der Waals surface area contributed by atoms with Gasteiger partial charge in [-0.2, -0.15) is 0 Å². The second-order valence-electron chi connectivity index (χ2n) is 7.29. The van der Waals surface area contributed by atoms with Crippen molar-refractivity contribution in [2.75, 3.05) is 6.61 Å². The molecule has 2 amide bonds. The van der Waals surface area contributed by atoms with Crippen LogP contribution < -0.4 is 4.74 Å². The van der Waals surface area contributed by atoms with Crippen LogP contribution in [0.1, 0.15) is 30.9 Å². The summed E-state index contributed by atoms with van der Waals surface area (Å²) in [6, 6.07) is 19.6. The van der Waals surface area contributed by atoms with Crippen LogP contribution in [0.4, 0.5) is 4.79 Å². The Kier molecular flexibility index (Phi) is 6.78. The minimum atomic E-state index is -0.273. The molecule has 0 atom stereocenters. The van der Waals surface area contributed by atoms with Crippen molar-refractivity contribution < 1.29 is 14.3 Å². The molecule has 3 aromatic rings. The summed E-state index contributed by atoms with van der Waals surface area (Å²) < 4.78 is 6.98. The van der Waals surface area contributed by atoms with Crippen molar-refractivity contribution in [1.82, 2.24) is 4.90 Å². The van der Waals surface area contributed by atoms with Gasteiger partial charge >= 0.3 is 0 Å². The molecule has 3 aromatic carbocycles. The number of nitrogens with zero attached hydrogens (tertiary/aromatic N) is 1. The molecule has 0 N–H and O–H groups in total. The number of carbonyl (C=O) groups excluding carboxylic acids is 2. The van der Waals surface area contributed by atoms with Gasteiger partial charge in [0.25, 0.3) is 11.1 Å². The normalized spacial score (nSPS) is 15.3. The fourth-order valence-corrected chi connectivity index (χ4v) is 4.50. The van der Waals surface area contributed by atoms with Gasteiger partial charge in [0, 0.05) is 10.0 Å². The Labute approximate surface area is 194 Å². The number of fused-ring (bicyclic) bond motifs is 1. The number of imide groups is 1. The molecule has 4 nitrogen and oxygen atoms in total. The Hall–Kier alpha value is -2.57. The van der Waals surface area contributed by atoms with E-state index in [2.05, 4.69) is 22.9 Å². The van der Waals surface area contributed by atoms with Crippen LogP contribution in [0, 0.1) is 0 Å². The molecule has 1 heterocycles. The Morgan fingerprint density at radius 3 is 2.58 bits per heavy atom. The van der Waals surface area contributed by atoms with E-state index in [0.29, 0.717) is 11.5 Å². The number of amides is 2. The first kappa shape index (κ1) is 21.7. The van der Waals surface area contributed by atoms with Crippen LogP contribution in [0.15, 0.2) is 70.0 Å². The lowest BCUT2D eigenvalue weighted by atomic mass is 10.0. The van der Waals surface area contributed by atoms with Crippen molar-refractivity contribution in [2.24, 2.45) is 0 Å². The molecule has 1 aliphatic rings. The molecule has 1 aliphatic heterocycles. The Balaban J connectivity index is 1.67. The summed E-state index contributed by atoms with van der Waals surface area (Å²) in [6.07, 6.45) is 3.80. The molecular formula is C25H22BrNO3S. The zero-order chi connectivity index (χ0) is 21.8. The third-order valence-corrected chi connectivity index (χ3v) is 6.53. The van der Waals surface area contributed by atoms with E-state index in [1.807, 2.05) is 60.7 Å². The van der Waals surface area contributed by atoms with Gasteiger partial charge in [0.15, 0.2) is 0 Å². The van der Waals surface area contributed by atoms with Gasteiger partial charge in [-0.05, 0) is 58.8 Å². The average molecular weight is 496 g/mol. The molecule has 0 saturated carbocycles. The molecule has 1 saturated heterocycles. The first-order valence-electron chi connectivity index (χ1n) is 10.2. The Morgan fingerprint density at radius 1 is 1.03 bits per heavy atom. The van der Waals surface area contributed by atoms with Crippen LogP contribution in [-0.2, 0) is 11.3 Å². The third kappa shape index (κ3) is 4.86. The molecule has 0 aromatic heterocycles. The number of carbonyl (C=O) groups is 2. The number of benzene rings is 3. The zero-order valence-corrected chi connectivity index (χ0v) is 19.5. The lowest BCUT2D eigenvalue weighted by Crippen LogP contribution is -2.27. The van der Waals surface area contributed by atoms with E-state index in [-0.39, 0.29) is 17.7 Å². The van der Waals surface area contributed by atoms with E-state index in [9.17, 15) is 9.59 Å². The Bertz CT molecular complexity index is 1160. The number of halogens is 1. The quantitative estimate of drug-likeness (QED) is 0.261.